The fourth-order valence-electron chi connectivity index (χ4n) is 2.22. The molecule has 0 aliphatic carbocycles. The summed E-state index contributed by atoms with van der Waals surface area (Å²) in [5.41, 5.74) is -0.870. The van der Waals surface area contributed by atoms with Crippen molar-refractivity contribution < 1.29 is 29.0 Å². The van der Waals surface area contributed by atoms with E-state index in [2.05, 4.69) is 9.97 Å². The second kappa shape index (κ2) is 6.60. The lowest BCUT2D eigenvalue weighted by Crippen LogP contribution is -2.61. The second-order valence-corrected chi connectivity index (χ2v) is 5.15. The van der Waals surface area contributed by atoms with Crippen molar-refractivity contribution in [2.24, 2.45) is 0 Å². The molecule has 4 amide bonds. The molecule has 0 saturated carbocycles. The highest BCUT2D eigenvalue weighted by Gasteiger charge is 2.47. The van der Waals surface area contributed by atoms with Gasteiger partial charge in [-0.3, -0.25) is 39.4 Å². The molecule has 0 atom stereocenters. The highest BCUT2D eigenvalue weighted by molar-refractivity contribution is 6.68. The third-order valence-electron chi connectivity index (χ3n) is 3.52. The maximum absolute atomic E-state index is 12.3. The van der Waals surface area contributed by atoms with Gasteiger partial charge in [0.1, 0.15) is 24.0 Å². The predicted octanol–water partition coefficient (Wildman–Crippen LogP) is -0.274. The van der Waals surface area contributed by atoms with Gasteiger partial charge in [0.05, 0.1) is 9.85 Å². The Bertz CT molecular complexity index is 935. The molecule has 3 heterocycles. The van der Waals surface area contributed by atoms with E-state index >= 15 is 0 Å². The Kier molecular flexibility index (Phi) is 4.28. The average Bonchev–Trinajstić information content (AvgIpc) is 2.67. The van der Waals surface area contributed by atoms with Crippen LogP contribution in [0.5, 0.6) is 0 Å². The Morgan fingerprint density at radius 2 is 0.964 bits per heavy atom. The maximum Gasteiger partial charge on any atom is 0.325 e. The number of hydrogen-bond donors (Lipinski definition) is 0. The Hall–Kier alpha value is -4.62. The van der Waals surface area contributed by atoms with E-state index in [4.69, 9.17) is 0 Å². The molecule has 0 spiro atoms. The van der Waals surface area contributed by atoms with E-state index in [-0.39, 0.29) is 9.80 Å². The summed E-state index contributed by atoms with van der Waals surface area (Å²) in [5.74, 6) is -6.73. The monoisotopic (exact) mass is 386 g/mol. The third kappa shape index (κ3) is 2.90. The smallest absolute Gasteiger partial charge is 0.262 e. The molecule has 1 aliphatic heterocycles. The standard InChI is InChI=1S/C14H6N6O8/c21-11-13(23)18(10-4-2-8(6-16-10)20(27)28)14(24)12(22)17(11)9-3-1-7(5-15-9)19(25)26/h1-6H. The summed E-state index contributed by atoms with van der Waals surface area (Å²) >= 11 is 0. The lowest BCUT2D eigenvalue weighted by molar-refractivity contribution is -0.385. The van der Waals surface area contributed by atoms with Crippen molar-refractivity contribution in [3.63, 3.8) is 0 Å². The number of carbonyl (C=O) groups excluding carboxylic acids is 4. The van der Waals surface area contributed by atoms with Crippen LogP contribution in [-0.4, -0.2) is 43.4 Å². The molecule has 0 bridgehead atoms. The molecule has 1 fully saturated rings. The van der Waals surface area contributed by atoms with Crippen molar-refractivity contribution in [2.45, 2.75) is 0 Å². The van der Waals surface area contributed by atoms with Crippen molar-refractivity contribution >= 4 is 46.6 Å². The molecular formula is C14H6N6O8. The lowest BCUT2D eigenvalue weighted by Gasteiger charge is -2.28. The van der Waals surface area contributed by atoms with E-state index in [1.807, 2.05) is 0 Å². The van der Waals surface area contributed by atoms with Crippen molar-refractivity contribution in [3.8, 4) is 0 Å². The fraction of sp³-hybridized carbons (Fsp3) is 0. The lowest BCUT2D eigenvalue weighted by atomic mass is 10.2. The van der Waals surface area contributed by atoms with Crippen LogP contribution < -0.4 is 9.80 Å². The summed E-state index contributed by atoms with van der Waals surface area (Å²) in [6.07, 6.45) is 1.49. The van der Waals surface area contributed by atoms with Crippen LogP contribution in [0.2, 0.25) is 0 Å². The van der Waals surface area contributed by atoms with E-state index in [9.17, 15) is 39.4 Å². The quantitative estimate of drug-likeness (QED) is 0.293. The second-order valence-electron chi connectivity index (χ2n) is 5.15. The molecule has 0 aromatic carbocycles. The van der Waals surface area contributed by atoms with Crippen LogP contribution in [0.25, 0.3) is 0 Å². The Labute approximate surface area is 153 Å². The first-order chi connectivity index (χ1) is 13.2. The molecule has 0 radical (unpaired) electrons. The number of hydrogen-bond acceptors (Lipinski definition) is 10. The van der Waals surface area contributed by atoms with Crippen LogP contribution in [0.15, 0.2) is 36.7 Å². The highest BCUT2D eigenvalue weighted by Crippen LogP contribution is 2.23. The van der Waals surface area contributed by atoms with Gasteiger partial charge in [-0.2, -0.15) is 0 Å². The molecule has 3 rings (SSSR count). The van der Waals surface area contributed by atoms with Gasteiger partial charge in [0.2, 0.25) is 0 Å². The molecule has 14 nitrogen and oxygen atoms in total. The van der Waals surface area contributed by atoms with Crippen molar-refractivity contribution in [1.82, 2.24) is 9.97 Å². The molecule has 0 N–H and O–H groups in total. The topological polar surface area (TPSA) is 187 Å². The number of rotatable bonds is 4. The van der Waals surface area contributed by atoms with Gasteiger partial charge in [0.25, 0.3) is 11.4 Å². The van der Waals surface area contributed by atoms with E-state index in [0.717, 1.165) is 36.7 Å². The van der Waals surface area contributed by atoms with E-state index in [1.165, 1.54) is 0 Å². The number of amides is 4. The van der Waals surface area contributed by atoms with Crippen LogP contribution in [0.1, 0.15) is 0 Å². The van der Waals surface area contributed by atoms with Crippen LogP contribution >= 0.6 is 0 Å². The van der Waals surface area contributed by atoms with Gasteiger partial charge in [0, 0.05) is 12.1 Å². The van der Waals surface area contributed by atoms with Gasteiger partial charge in [-0.05, 0) is 12.1 Å². The first-order valence-electron chi connectivity index (χ1n) is 7.20. The first kappa shape index (κ1) is 18.2. The minimum atomic E-state index is -1.45. The number of nitrogens with zero attached hydrogens (tertiary/aromatic N) is 6. The summed E-state index contributed by atoms with van der Waals surface area (Å²) in [6, 6.07) is 3.72. The molecule has 140 valence electrons. The molecule has 2 aromatic heterocycles. The molecule has 1 saturated heterocycles. The molecule has 0 unspecified atom stereocenters. The fourth-order valence-corrected chi connectivity index (χ4v) is 2.22. The number of anilines is 2. The van der Waals surface area contributed by atoms with Gasteiger partial charge < -0.3 is 0 Å². The van der Waals surface area contributed by atoms with Crippen molar-refractivity contribution in [2.75, 3.05) is 9.80 Å². The van der Waals surface area contributed by atoms with Crippen molar-refractivity contribution in [1.29, 1.82) is 0 Å². The zero-order valence-corrected chi connectivity index (χ0v) is 13.4. The summed E-state index contributed by atoms with van der Waals surface area (Å²) in [6.45, 7) is 0. The Balaban J connectivity index is 1.95. The van der Waals surface area contributed by atoms with Crippen LogP contribution in [0.3, 0.4) is 0 Å². The summed E-state index contributed by atoms with van der Waals surface area (Å²) < 4.78 is 0. The highest BCUT2D eigenvalue weighted by atomic mass is 16.6. The van der Waals surface area contributed by atoms with Gasteiger partial charge in [0.15, 0.2) is 0 Å². The molecular weight excluding hydrogens is 380 g/mol. The first-order valence-corrected chi connectivity index (χ1v) is 7.20. The zero-order valence-electron chi connectivity index (χ0n) is 13.4. The SMILES string of the molecule is O=C1C(=O)N(c2ccc([N+](=O)[O-])cn2)C(=O)C(=O)N1c1ccc([N+](=O)[O-])cn1. The number of nitro groups is 2. The van der Waals surface area contributed by atoms with E-state index < -0.39 is 56.5 Å². The zero-order chi connectivity index (χ0) is 20.6. The maximum atomic E-state index is 12.3. The number of aromatic nitrogens is 2. The Morgan fingerprint density at radius 3 is 1.18 bits per heavy atom. The minimum Gasteiger partial charge on any atom is -0.262 e. The van der Waals surface area contributed by atoms with Gasteiger partial charge >= 0.3 is 23.6 Å². The molecule has 14 heteroatoms. The van der Waals surface area contributed by atoms with Gasteiger partial charge in [-0.15, -0.1) is 0 Å². The number of piperazine rings is 1. The summed E-state index contributed by atoms with van der Waals surface area (Å²) in [7, 11) is 0. The number of imide groups is 2. The van der Waals surface area contributed by atoms with Crippen LogP contribution in [-0.2, 0) is 19.2 Å². The summed E-state index contributed by atoms with van der Waals surface area (Å²) in [4.78, 5) is 76.4. The van der Waals surface area contributed by atoms with E-state index in [0.29, 0.717) is 0 Å². The van der Waals surface area contributed by atoms with E-state index in [1.54, 1.807) is 0 Å². The molecule has 1 aliphatic rings. The number of carbonyl (C=O) groups is 4. The third-order valence-corrected chi connectivity index (χ3v) is 3.52. The normalized spacial score (nSPS) is 14.4. The van der Waals surface area contributed by atoms with Crippen LogP contribution in [0, 0.1) is 20.2 Å². The van der Waals surface area contributed by atoms with Crippen LogP contribution in [0.4, 0.5) is 23.0 Å². The molecule has 2 aromatic rings. The predicted molar refractivity (Wildman–Crippen MR) is 86.8 cm³/mol. The van der Waals surface area contributed by atoms with Gasteiger partial charge in [-0.1, -0.05) is 0 Å². The van der Waals surface area contributed by atoms with Crippen molar-refractivity contribution in [3.05, 3.63) is 56.9 Å². The summed E-state index contributed by atoms with van der Waals surface area (Å²) in [5, 5.41) is 21.3. The largest absolute Gasteiger partial charge is 0.325 e. The molecule has 28 heavy (non-hydrogen) atoms. The minimum absolute atomic E-state index is 0.177. The Morgan fingerprint density at radius 1 is 0.643 bits per heavy atom. The number of pyridine rings is 2. The average molecular weight is 386 g/mol. The van der Waals surface area contributed by atoms with Gasteiger partial charge in [-0.25, -0.2) is 19.8 Å².